The van der Waals surface area contributed by atoms with E-state index < -0.39 is 6.04 Å². The van der Waals surface area contributed by atoms with Crippen LogP contribution >= 0.6 is 0 Å². The van der Waals surface area contributed by atoms with Crippen molar-refractivity contribution in [1.29, 1.82) is 0 Å². The quantitative estimate of drug-likeness (QED) is 0.437. The van der Waals surface area contributed by atoms with Crippen molar-refractivity contribution in [3.63, 3.8) is 0 Å². The maximum Gasteiger partial charge on any atom is 0.316 e. The third kappa shape index (κ3) is 4.79. The molecule has 3 unspecified atom stereocenters. The van der Waals surface area contributed by atoms with Crippen LogP contribution in [0.1, 0.15) is 55.3 Å². The summed E-state index contributed by atoms with van der Waals surface area (Å²) in [4.78, 5) is 24.9. The van der Waals surface area contributed by atoms with Gasteiger partial charge < -0.3 is 25.5 Å². The molecular formula is C27H29FN6O2. The Morgan fingerprint density at radius 2 is 1.89 bits per heavy atom. The number of pyridine rings is 1. The second-order valence-electron chi connectivity index (χ2n) is 9.43. The highest BCUT2D eigenvalue weighted by atomic mass is 19.1. The van der Waals surface area contributed by atoms with E-state index in [1.165, 1.54) is 13.2 Å². The number of halogens is 1. The monoisotopic (exact) mass is 488 g/mol. The van der Waals surface area contributed by atoms with Gasteiger partial charge in [-0.15, -0.1) is 0 Å². The first-order chi connectivity index (χ1) is 17.4. The summed E-state index contributed by atoms with van der Waals surface area (Å²) in [5.74, 6) is 0.386. The molecule has 2 aliphatic heterocycles. The van der Waals surface area contributed by atoms with E-state index in [1.807, 2.05) is 24.3 Å². The molecule has 3 aromatic rings. The Morgan fingerprint density at radius 3 is 2.56 bits per heavy atom. The average molecular weight is 489 g/mol. The van der Waals surface area contributed by atoms with E-state index in [2.05, 4.69) is 39.8 Å². The summed E-state index contributed by atoms with van der Waals surface area (Å²) in [5, 5.41) is 9.81. The molecule has 1 aromatic carbocycles. The molecule has 1 fully saturated rings. The van der Waals surface area contributed by atoms with E-state index in [-0.39, 0.29) is 17.7 Å². The predicted octanol–water partition coefficient (Wildman–Crippen LogP) is 4.49. The van der Waals surface area contributed by atoms with Crippen molar-refractivity contribution >= 4 is 23.9 Å². The van der Waals surface area contributed by atoms with Gasteiger partial charge in [0.15, 0.2) is 0 Å². The summed E-state index contributed by atoms with van der Waals surface area (Å²) >= 11 is 0. The minimum absolute atomic E-state index is 0.170. The zero-order valence-corrected chi connectivity index (χ0v) is 20.5. The van der Waals surface area contributed by atoms with E-state index in [0.717, 1.165) is 30.3 Å². The summed E-state index contributed by atoms with van der Waals surface area (Å²) in [5.41, 5.74) is 4.11. The number of rotatable bonds is 6. The zero-order chi connectivity index (χ0) is 25.2. The van der Waals surface area contributed by atoms with Crippen LogP contribution in [0.25, 0.3) is 17.3 Å². The molecular weight excluding hydrogens is 459 g/mol. The number of anilines is 2. The van der Waals surface area contributed by atoms with Crippen LogP contribution in [0.5, 0.6) is 6.01 Å². The summed E-state index contributed by atoms with van der Waals surface area (Å²) in [6.07, 6.45) is 9.48. The first-order valence-electron chi connectivity index (χ1n) is 12.1. The van der Waals surface area contributed by atoms with Gasteiger partial charge in [-0.05, 0) is 74.2 Å². The molecule has 0 saturated carbocycles. The molecule has 3 atom stereocenters. The third-order valence-corrected chi connectivity index (χ3v) is 6.73. The normalized spacial score (nSPS) is 22.9. The number of nitrogens with one attached hydrogen (secondary N) is 3. The summed E-state index contributed by atoms with van der Waals surface area (Å²) < 4.78 is 20.4. The average Bonchev–Trinajstić information content (AvgIpc) is 2.87. The largest absolute Gasteiger partial charge is 0.467 e. The van der Waals surface area contributed by atoms with E-state index in [0.29, 0.717) is 40.4 Å². The van der Waals surface area contributed by atoms with Crippen LogP contribution in [0, 0.1) is 5.82 Å². The number of hydrogen-bond acceptors (Lipinski definition) is 8. The Kier molecular flexibility index (Phi) is 6.65. The Hall–Kier alpha value is -3.85. The maximum absolute atomic E-state index is 15.3. The number of benzene rings is 1. The predicted molar refractivity (Wildman–Crippen MR) is 137 cm³/mol. The fraction of sp³-hybridized carbons (Fsp3) is 0.333. The Labute approximate surface area is 209 Å². The lowest BCUT2D eigenvalue weighted by Crippen LogP contribution is -2.41. The second kappa shape index (κ2) is 10.0. The SMILES string of the molecule is COc1ncc(-c2cc3c(c(Nc4ccc(C5CC(C)NC(C)C5)c(F)c4)n2)C(C=O)NC=C3)cn1. The molecule has 4 heterocycles. The molecule has 8 nitrogen and oxygen atoms in total. The van der Waals surface area contributed by atoms with Crippen LogP contribution in [0.4, 0.5) is 15.9 Å². The van der Waals surface area contributed by atoms with Gasteiger partial charge in [-0.2, -0.15) is 0 Å². The lowest BCUT2D eigenvalue weighted by atomic mass is 9.83. The van der Waals surface area contributed by atoms with Crippen LogP contribution in [-0.4, -0.2) is 40.4 Å². The molecule has 5 rings (SSSR count). The highest BCUT2D eigenvalue weighted by Crippen LogP contribution is 2.36. The molecule has 186 valence electrons. The number of ether oxygens (including phenoxy) is 1. The van der Waals surface area contributed by atoms with Crippen LogP contribution < -0.4 is 20.7 Å². The van der Waals surface area contributed by atoms with Crippen molar-refractivity contribution < 1.29 is 13.9 Å². The van der Waals surface area contributed by atoms with Gasteiger partial charge in [0.25, 0.3) is 0 Å². The van der Waals surface area contributed by atoms with Gasteiger partial charge in [0, 0.05) is 41.3 Å². The molecule has 0 aliphatic carbocycles. The molecule has 3 N–H and O–H groups in total. The maximum atomic E-state index is 15.3. The van der Waals surface area contributed by atoms with E-state index >= 15 is 4.39 Å². The highest BCUT2D eigenvalue weighted by Gasteiger charge is 2.27. The molecule has 2 aromatic heterocycles. The van der Waals surface area contributed by atoms with Crippen molar-refractivity contribution in [2.24, 2.45) is 0 Å². The van der Waals surface area contributed by atoms with Crippen molar-refractivity contribution in [2.45, 2.75) is 50.7 Å². The third-order valence-electron chi connectivity index (χ3n) is 6.73. The van der Waals surface area contributed by atoms with Gasteiger partial charge in [0.05, 0.1) is 12.8 Å². The number of aldehydes is 1. The Balaban J connectivity index is 1.50. The van der Waals surface area contributed by atoms with Crippen molar-refractivity contribution in [3.05, 3.63) is 65.4 Å². The van der Waals surface area contributed by atoms with Crippen LogP contribution in [0.15, 0.2) is 42.9 Å². The fourth-order valence-corrected chi connectivity index (χ4v) is 5.17. The van der Waals surface area contributed by atoms with Gasteiger partial charge >= 0.3 is 6.01 Å². The number of carbonyl (C=O) groups excluding carboxylic acids is 1. The molecule has 0 spiro atoms. The first-order valence-corrected chi connectivity index (χ1v) is 12.1. The highest BCUT2D eigenvalue weighted by molar-refractivity contribution is 5.79. The fourth-order valence-electron chi connectivity index (χ4n) is 5.17. The topological polar surface area (TPSA) is 101 Å². The minimum Gasteiger partial charge on any atom is -0.467 e. The molecule has 1 saturated heterocycles. The van der Waals surface area contributed by atoms with Gasteiger partial charge in [0.1, 0.15) is 24.0 Å². The number of hydrogen-bond donors (Lipinski definition) is 3. The number of aromatic nitrogens is 3. The minimum atomic E-state index is -0.581. The molecule has 0 radical (unpaired) electrons. The Bertz CT molecular complexity index is 1290. The van der Waals surface area contributed by atoms with Gasteiger partial charge in [-0.25, -0.2) is 19.3 Å². The van der Waals surface area contributed by atoms with E-state index in [4.69, 9.17) is 9.72 Å². The molecule has 0 amide bonds. The molecule has 36 heavy (non-hydrogen) atoms. The van der Waals surface area contributed by atoms with Gasteiger partial charge in [-0.1, -0.05) is 6.07 Å². The van der Waals surface area contributed by atoms with Crippen molar-refractivity contribution in [1.82, 2.24) is 25.6 Å². The lowest BCUT2D eigenvalue weighted by molar-refractivity contribution is -0.109. The number of nitrogens with zero attached hydrogens (tertiary/aromatic N) is 3. The molecule has 0 bridgehead atoms. The van der Waals surface area contributed by atoms with Crippen LogP contribution in [0.2, 0.25) is 0 Å². The van der Waals surface area contributed by atoms with E-state index in [9.17, 15) is 4.79 Å². The smallest absolute Gasteiger partial charge is 0.316 e. The second-order valence-corrected chi connectivity index (χ2v) is 9.43. The van der Waals surface area contributed by atoms with Gasteiger partial charge in [0.2, 0.25) is 0 Å². The number of methoxy groups -OCH3 is 1. The summed E-state index contributed by atoms with van der Waals surface area (Å²) in [6, 6.07) is 7.48. The van der Waals surface area contributed by atoms with E-state index in [1.54, 1.807) is 18.6 Å². The number of piperidine rings is 1. The molecule has 9 heteroatoms. The standard InChI is InChI=1S/C27H29FN6O2/c1-15-8-18(9-16(2)32-15)21-5-4-20(11-22(21)28)33-26-25-17(6-7-29-24(25)14-35)10-23(34-26)19-12-30-27(36-3)31-13-19/h4-7,10-16,18,24,29,32H,8-9H2,1-3H3,(H,33,34). The van der Waals surface area contributed by atoms with Crippen LogP contribution in [0.3, 0.4) is 0 Å². The summed E-state index contributed by atoms with van der Waals surface area (Å²) in [6.45, 7) is 4.27. The van der Waals surface area contributed by atoms with Crippen LogP contribution in [-0.2, 0) is 4.79 Å². The Morgan fingerprint density at radius 1 is 1.14 bits per heavy atom. The van der Waals surface area contributed by atoms with Crippen molar-refractivity contribution in [3.8, 4) is 17.3 Å². The number of fused-ring (bicyclic) bond motifs is 1. The number of carbonyl (C=O) groups is 1. The molecule has 2 aliphatic rings. The van der Waals surface area contributed by atoms with Gasteiger partial charge in [-0.3, -0.25) is 0 Å². The zero-order valence-electron chi connectivity index (χ0n) is 20.5. The first kappa shape index (κ1) is 23.9. The summed E-state index contributed by atoms with van der Waals surface area (Å²) in [7, 11) is 1.50. The lowest BCUT2D eigenvalue weighted by Gasteiger charge is -2.33. The van der Waals surface area contributed by atoms with Crippen molar-refractivity contribution in [2.75, 3.05) is 12.4 Å².